The quantitative estimate of drug-likeness (QED) is 0.875. The van der Waals surface area contributed by atoms with Gasteiger partial charge in [0.15, 0.2) is 0 Å². The smallest absolute Gasteiger partial charge is 0.251 e. The molecule has 0 aromatic heterocycles. The Bertz CT molecular complexity index is 502. The summed E-state index contributed by atoms with van der Waals surface area (Å²) < 4.78 is 5.86. The van der Waals surface area contributed by atoms with E-state index in [4.69, 9.17) is 4.74 Å². The summed E-state index contributed by atoms with van der Waals surface area (Å²) in [4.78, 5) is 13.5. The third kappa shape index (κ3) is 4.55. The largest absolute Gasteiger partial charge is 0.364 e. The molecule has 1 aromatic rings. The van der Waals surface area contributed by atoms with Crippen LogP contribution in [0.2, 0.25) is 0 Å². The number of hydrogen-bond acceptors (Lipinski definition) is 3. The molecule has 1 fully saturated rings. The molecule has 3 atom stereocenters. The Morgan fingerprint density at radius 2 is 2.09 bits per heavy atom. The lowest BCUT2D eigenvalue weighted by molar-refractivity contribution is -0.140. The van der Waals surface area contributed by atoms with E-state index in [2.05, 4.69) is 43.4 Å². The van der Waals surface area contributed by atoms with Crippen LogP contribution in [0.4, 0.5) is 0 Å². The Morgan fingerprint density at radius 3 is 2.77 bits per heavy atom. The second kappa shape index (κ2) is 7.75. The highest BCUT2D eigenvalue weighted by Crippen LogP contribution is 2.20. The number of rotatable bonds is 6. The van der Waals surface area contributed by atoms with Crippen molar-refractivity contribution in [3.05, 3.63) is 35.4 Å². The third-order valence-electron chi connectivity index (χ3n) is 4.31. The van der Waals surface area contributed by atoms with E-state index in [0.29, 0.717) is 6.04 Å². The molecule has 0 saturated carbocycles. The number of ether oxygens (including phenoxy) is 1. The van der Waals surface area contributed by atoms with Gasteiger partial charge in [0.05, 0.1) is 6.10 Å². The van der Waals surface area contributed by atoms with Gasteiger partial charge < -0.3 is 15.0 Å². The van der Waals surface area contributed by atoms with E-state index in [1.807, 2.05) is 0 Å². The molecule has 2 rings (SSSR count). The van der Waals surface area contributed by atoms with Crippen molar-refractivity contribution in [2.75, 3.05) is 20.6 Å². The monoisotopic (exact) mass is 304 g/mol. The molecule has 0 spiro atoms. The van der Waals surface area contributed by atoms with E-state index in [1.165, 1.54) is 11.1 Å². The van der Waals surface area contributed by atoms with Crippen molar-refractivity contribution < 1.29 is 9.53 Å². The van der Waals surface area contributed by atoms with Crippen LogP contribution in [0.1, 0.15) is 30.9 Å². The summed E-state index contributed by atoms with van der Waals surface area (Å²) in [5.41, 5.74) is 2.72. The molecular formula is C18H28N2O2. The van der Waals surface area contributed by atoms with Gasteiger partial charge in [0, 0.05) is 26.7 Å². The van der Waals surface area contributed by atoms with Crippen molar-refractivity contribution in [3.63, 3.8) is 0 Å². The molecule has 1 heterocycles. The number of nitrogens with one attached hydrogen (secondary N) is 1. The highest BCUT2D eigenvalue weighted by molar-refractivity contribution is 5.80. The zero-order valence-corrected chi connectivity index (χ0v) is 14.1. The predicted octanol–water partition coefficient (Wildman–Crippen LogP) is 2.15. The summed E-state index contributed by atoms with van der Waals surface area (Å²) in [6.45, 7) is 5.16. The number of carbonyl (C=O) groups excluding carboxylic acids is 1. The molecular weight excluding hydrogens is 276 g/mol. The van der Waals surface area contributed by atoms with E-state index < -0.39 is 0 Å². The van der Waals surface area contributed by atoms with Gasteiger partial charge >= 0.3 is 0 Å². The summed E-state index contributed by atoms with van der Waals surface area (Å²) in [6, 6.07) is 8.90. The van der Waals surface area contributed by atoms with Crippen LogP contribution < -0.4 is 5.32 Å². The number of benzene rings is 1. The molecule has 4 nitrogen and oxygen atoms in total. The molecule has 0 radical (unpaired) electrons. The van der Waals surface area contributed by atoms with Gasteiger partial charge in [-0.2, -0.15) is 0 Å². The van der Waals surface area contributed by atoms with Gasteiger partial charge in [-0.15, -0.1) is 0 Å². The Balaban J connectivity index is 1.75. The topological polar surface area (TPSA) is 41.6 Å². The minimum atomic E-state index is -0.256. The fourth-order valence-corrected chi connectivity index (χ4v) is 2.90. The minimum Gasteiger partial charge on any atom is -0.364 e. The summed E-state index contributed by atoms with van der Waals surface area (Å²) in [5.74, 6) is 0.0791. The highest BCUT2D eigenvalue weighted by atomic mass is 16.5. The van der Waals surface area contributed by atoms with Crippen LogP contribution in [0.5, 0.6) is 0 Å². The summed E-state index contributed by atoms with van der Waals surface area (Å²) in [6.07, 6.45) is 2.69. The van der Waals surface area contributed by atoms with Crippen LogP contribution in [-0.2, 0) is 16.0 Å². The second-order valence-corrected chi connectivity index (χ2v) is 6.50. The van der Waals surface area contributed by atoms with Gasteiger partial charge in [0.25, 0.3) is 5.91 Å². The first-order chi connectivity index (χ1) is 10.5. The Kier molecular flexibility index (Phi) is 5.98. The molecule has 1 aromatic carbocycles. The summed E-state index contributed by atoms with van der Waals surface area (Å²) in [5, 5.41) is 3.54. The minimum absolute atomic E-state index is 0.0791. The first kappa shape index (κ1) is 17.0. The summed E-state index contributed by atoms with van der Waals surface area (Å²) >= 11 is 0. The average molecular weight is 304 g/mol. The van der Waals surface area contributed by atoms with Crippen LogP contribution in [-0.4, -0.2) is 49.7 Å². The van der Waals surface area contributed by atoms with Crippen LogP contribution in [0, 0.1) is 6.92 Å². The van der Waals surface area contributed by atoms with Gasteiger partial charge in [0.1, 0.15) is 6.10 Å². The van der Waals surface area contributed by atoms with Crippen LogP contribution >= 0.6 is 0 Å². The zero-order valence-electron chi connectivity index (χ0n) is 14.1. The number of hydrogen-bond donors (Lipinski definition) is 1. The molecule has 3 unspecified atom stereocenters. The maximum Gasteiger partial charge on any atom is 0.251 e. The highest BCUT2D eigenvalue weighted by Gasteiger charge is 2.31. The SMILES string of the molecule is Cc1ccccc1CC(C)NCC1CCC(C(=O)N(C)C)O1. The number of nitrogens with zero attached hydrogens (tertiary/aromatic N) is 1. The van der Waals surface area contributed by atoms with Crippen molar-refractivity contribution in [2.45, 2.75) is 51.4 Å². The fourth-order valence-electron chi connectivity index (χ4n) is 2.90. The Hall–Kier alpha value is -1.39. The van der Waals surface area contributed by atoms with Crippen LogP contribution in [0.15, 0.2) is 24.3 Å². The summed E-state index contributed by atoms with van der Waals surface area (Å²) in [7, 11) is 3.56. The lowest BCUT2D eigenvalue weighted by Gasteiger charge is -2.20. The van der Waals surface area contributed by atoms with Crippen molar-refractivity contribution in [2.24, 2.45) is 0 Å². The molecule has 22 heavy (non-hydrogen) atoms. The molecule has 4 heteroatoms. The standard InChI is InChI=1S/C18H28N2O2/c1-13-7-5-6-8-15(13)11-14(2)19-12-16-9-10-17(22-16)18(21)20(3)4/h5-8,14,16-17,19H,9-12H2,1-4H3. The molecule has 122 valence electrons. The van der Waals surface area contributed by atoms with E-state index in [9.17, 15) is 4.79 Å². The number of aryl methyl sites for hydroxylation is 1. The van der Waals surface area contributed by atoms with Gasteiger partial charge in [0.2, 0.25) is 0 Å². The van der Waals surface area contributed by atoms with Crippen molar-refractivity contribution in [3.8, 4) is 0 Å². The first-order valence-electron chi connectivity index (χ1n) is 8.12. The Labute approximate surface area is 133 Å². The third-order valence-corrected chi connectivity index (χ3v) is 4.31. The lowest BCUT2D eigenvalue weighted by atomic mass is 10.0. The molecule has 1 saturated heterocycles. The normalized spacial score (nSPS) is 22.5. The zero-order chi connectivity index (χ0) is 16.1. The fraction of sp³-hybridized carbons (Fsp3) is 0.611. The van der Waals surface area contributed by atoms with Gasteiger partial charge in [-0.25, -0.2) is 0 Å². The number of amides is 1. The predicted molar refractivity (Wildman–Crippen MR) is 88.9 cm³/mol. The van der Waals surface area contributed by atoms with Crippen molar-refractivity contribution >= 4 is 5.91 Å². The van der Waals surface area contributed by atoms with Crippen LogP contribution in [0.3, 0.4) is 0 Å². The van der Waals surface area contributed by atoms with E-state index in [-0.39, 0.29) is 18.1 Å². The maximum absolute atomic E-state index is 11.9. The van der Waals surface area contributed by atoms with Gasteiger partial charge in [-0.3, -0.25) is 4.79 Å². The number of carbonyl (C=O) groups is 1. The van der Waals surface area contributed by atoms with Gasteiger partial charge in [-0.05, 0) is 44.2 Å². The Morgan fingerprint density at radius 1 is 1.36 bits per heavy atom. The molecule has 1 aliphatic heterocycles. The molecule has 0 aliphatic carbocycles. The van der Waals surface area contributed by atoms with E-state index in [1.54, 1.807) is 19.0 Å². The molecule has 1 aliphatic rings. The first-order valence-corrected chi connectivity index (χ1v) is 8.12. The van der Waals surface area contributed by atoms with Crippen LogP contribution in [0.25, 0.3) is 0 Å². The lowest BCUT2D eigenvalue weighted by Crippen LogP contribution is -2.37. The maximum atomic E-state index is 11.9. The van der Waals surface area contributed by atoms with E-state index >= 15 is 0 Å². The van der Waals surface area contributed by atoms with E-state index in [0.717, 1.165) is 25.8 Å². The van der Waals surface area contributed by atoms with Crippen molar-refractivity contribution in [1.82, 2.24) is 10.2 Å². The van der Waals surface area contributed by atoms with Crippen molar-refractivity contribution in [1.29, 1.82) is 0 Å². The molecule has 0 bridgehead atoms. The molecule has 1 amide bonds. The second-order valence-electron chi connectivity index (χ2n) is 6.50. The van der Waals surface area contributed by atoms with Gasteiger partial charge in [-0.1, -0.05) is 24.3 Å². The average Bonchev–Trinajstić information content (AvgIpc) is 2.95. The number of likely N-dealkylation sites (N-methyl/N-ethyl adjacent to an activating group) is 1. The molecule has 1 N–H and O–H groups in total.